The van der Waals surface area contributed by atoms with Crippen molar-refractivity contribution < 1.29 is 22.7 Å². The number of carbonyl (C=O) groups excluding carboxylic acids is 2. The van der Waals surface area contributed by atoms with E-state index in [0.29, 0.717) is 28.4 Å². The summed E-state index contributed by atoms with van der Waals surface area (Å²) in [5, 5.41) is 3.61. The lowest BCUT2D eigenvalue weighted by Gasteiger charge is -2.34. The highest BCUT2D eigenvalue weighted by Crippen LogP contribution is 2.27. The predicted octanol–water partition coefficient (Wildman–Crippen LogP) is 4.68. The molecule has 1 atom stereocenters. The largest absolute Gasteiger partial charge is 0.497 e. The van der Waals surface area contributed by atoms with Crippen molar-refractivity contribution in [1.29, 1.82) is 0 Å². The van der Waals surface area contributed by atoms with Gasteiger partial charge in [-0.25, -0.2) is 8.42 Å². The van der Waals surface area contributed by atoms with Crippen molar-refractivity contribution in [3.05, 3.63) is 58.6 Å². The molecule has 0 radical (unpaired) electrons. The SMILES string of the molecule is CCC(C(=O)NC1CCCCC1)N(Cc1cccc(OC)c1)C(=O)CN(c1ccc(Cl)cc1C)S(C)(=O)=O. The zero-order chi connectivity index (χ0) is 27.9. The topological polar surface area (TPSA) is 96.0 Å². The van der Waals surface area contributed by atoms with Gasteiger partial charge in [0.15, 0.2) is 0 Å². The number of halogens is 1. The number of methoxy groups -OCH3 is 1. The highest BCUT2D eigenvalue weighted by atomic mass is 35.5. The summed E-state index contributed by atoms with van der Waals surface area (Å²) in [4.78, 5) is 28.8. The van der Waals surface area contributed by atoms with E-state index in [2.05, 4.69) is 5.32 Å². The third kappa shape index (κ3) is 7.86. The van der Waals surface area contributed by atoms with Crippen LogP contribution in [0.25, 0.3) is 0 Å². The Labute approximate surface area is 231 Å². The molecular weight excluding hydrogens is 526 g/mol. The fraction of sp³-hybridized carbons (Fsp3) is 0.500. The second kappa shape index (κ2) is 13.3. The molecule has 1 unspecified atom stereocenters. The Hall–Kier alpha value is -2.78. The Balaban J connectivity index is 1.95. The maximum absolute atomic E-state index is 13.9. The summed E-state index contributed by atoms with van der Waals surface area (Å²) < 4.78 is 32.1. The molecular formula is C28H38ClN3O5S. The molecule has 2 amide bonds. The van der Waals surface area contributed by atoms with Gasteiger partial charge in [-0.15, -0.1) is 0 Å². The number of aryl methyl sites for hydroxylation is 1. The summed E-state index contributed by atoms with van der Waals surface area (Å²) in [6.45, 7) is 3.28. The summed E-state index contributed by atoms with van der Waals surface area (Å²) in [5.41, 5.74) is 1.76. The first-order valence-electron chi connectivity index (χ1n) is 13.0. The van der Waals surface area contributed by atoms with Crippen molar-refractivity contribution in [2.24, 2.45) is 0 Å². The van der Waals surface area contributed by atoms with Crippen LogP contribution in [-0.2, 0) is 26.2 Å². The standard InChI is InChI=1S/C28H38ClN3O5S/c1-5-25(28(34)30-23-11-7-6-8-12-23)31(18-21-10-9-13-24(17-21)37-3)27(33)19-32(38(4,35)36)26-15-14-22(29)16-20(26)2/h9-10,13-17,23,25H,5-8,11-12,18-19H2,1-4H3,(H,30,34). The van der Waals surface area contributed by atoms with Crippen molar-refractivity contribution in [1.82, 2.24) is 10.2 Å². The van der Waals surface area contributed by atoms with Gasteiger partial charge in [0.05, 0.1) is 19.1 Å². The number of hydrogen-bond acceptors (Lipinski definition) is 5. The summed E-state index contributed by atoms with van der Waals surface area (Å²) >= 11 is 6.08. The molecule has 8 nitrogen and oxygen atoms in total. The number of nitrogens with zero attached hydrogens (tertiary/aromatic N) is 2. The Kier molecular flexibility index (Phi) is 10.4. The number of sulfonamides is 1. The van der Waals surface area contributed by atoms with Crippen LogP contribution in [0.1, 0.15) is 56.6 Å². The monoisotopic (exact) mass is 563 g/mol. The first-order chi connectivity index (χ1) is 18.0. The van der Waals surface area contributed by atoms with Gasteiger partial charge < -0.3 is 15.0 Å². The van der Waals surface area contributed by atoms with Crippen LogP contribution < -0.4 is 14.4 Å². The molecule has 208 valence electrons. The predicted molar refractivity (Wildman–Crippen MR) is 151 cm³/mol. The first-order valence-corrected chi connectivity index (χ1v) is 15.2. The molecule has 0 aromatic heterocycles. The number of ether oxygens (including phenoxy) is 1. The van der Waals surface area contributed by atoms with Gasteiger partial charge in [-0.1, -0.05) is 49.9 Å². The van der Waals surface area contributed by atoms with Crippen LogP contribution in [0.15, 0.2) is 42.5 Å². The molecule has 3 rings (SSSR count). The fourth-order valence-electron chi connectivity index (χ4n) is 4.92. The Bertz CT molecular complexity index is 1230. The number of rotatable bonds is 11. The molecule has 0 spiro atoms. The van der Waals surface area contributed by atoms with E-state index in [1.807, 2.05) is 25.1 Å². The minimum absolute atomic E-state index is 0.0864. The van der Waals surface area contributed by atoms with Crippen LogP contribution in [0, 0.1) is 6.92 Å². The van der Waals surface area contributed by atoms with Crippen LogP contribution >= 0.6 is 11.6 Å². The molecule has 2 aromatic rings. The maximum Gasteiger partial charge on any atom is 0.244 e. The molecule has 1 saturated carbocycles. The second-order valence-corrected chi connectivity index (χ2v) is 12.2. The van der Waals surface area contributed by atoms with Crippen LogP contribution in [0.3, 0.4) is 0 Å². The molecule has 1 fully saturated rings. The van der Waals surface area contributed by atoms with Gasteiger partial charge in [0.1, 0.15) is 18.3 Å². The highest BCUT2D eigenvalue weighted by Gasteiger charge is 2.33. The minimum atomic E-state index is -3.82. The lowest BCUT2D eigenvalue weighted by molar-refractivity contribution is -0.140. The van der Waals surface area contributed by atoms with E-state index >= 15 is 0 Å². The van der Waals surface area contributed by atoms with Crippen LogP contribution in [0.5, 0.6) is 5.75 Å². The van der Waals surface area contributed by atoms with Crippen molar-refractivity contribution in [3.63, 3.8) is 0 Å². The average molecular weight is 564 g/mol. The third-order valence-corrected chi connectivity index (χ3v) is 8.29. The van der Waals surface area contributed by atoms with Crippen molar-refractivity contribution in [2.45, 2.75) is 71.0 Å². The molecule has 0 heterocycles. The van der Waals surface area contributed by atoms with Gasteiger partial charge >= 0.3 is 0 Å². The van der Waals surface area contributed by atoms with Gasteiger partial charge in [0.2, 0.25) is 21.8 Å². The Morgan fingerprint density at radius 1 is 1.13 bits per heavy atom. The van der Waals surface area contributed by atoms with Gasteiger partial charge in [-0.05, 0) is 67.6 Å². The number of carbonyl (C=O) groups is 2. The van der Waals surface area contributed by atoms with Crippen molar-refractivity contribution >= 4 is 39.1 Å². The maximum atomic E-state index is 13.9. The molecule has 1 aliphatic rings. The first kappa shape index (κ1) is 29.8. The molecule has 0 saturated heterocycles. The summed E-state index contributed by atoms with van der Waals surface area (Å²) in [5.74, 6) is -0.0633. The van der Waals surface area contributed by atoms with E-state index in [-0.39, 0.29) is 18.5 Å². The summed E-state index contributed by atoms with van der Waals surface area (Å²) in [6.07, 6.45) is 6.58. The molecule has 10 heteroatoms. The third-order valence-electron chi connectivity index (χ3n) is 6.93. The number of anilines is 1. The second-order valence-electron chi connectivity index (χ2n) is 9.84. The van der Waals surface area contributed by atoms with E-state index < -0.39 is 28.5 Å². The fourth-order valence-corrected chi connectivity index (χ4v) is 6.06. The van der Waals surface area contributed by atoms with Crippen molar-refractivity contribution in [2.75, 3.05) is 24.2 Å². The molecule has 38 heavy (non-hydrogen) atoms. The summed E-state index contributed by atoms with van der Waals surface area (Å²) in [7, 11) is -2.26. The normalized spacial score (nSPS) is 15.0. The lowest BCUT2D eigenvalue weighted by atomic mass is 9.95. The Morgan fingerprint density at radius 3 is 2.45 bits per heavy atom. The zero-order valence-electron chi connectivity index (χ0n) is 22.6. The molecule has 1 aliphatic carbocycles. The number of hydrogen-bond donors (Lipinski definition) is 1. The van der Waals surface area contributed by atoms with Crippen molar-refractivity contribution in [3.8, 4) is 5.75 Å². The van der Waals surface area contributed by atoms with Crippen LogP contribution in [0.4, 0.5) is 5.69 Å². The van der Waals surface area contributed by atoms with E-state index in [9.17, 15) is 18.0 Å². The van der Waals surface area contributed by atoms with Gasteiger partial charge in [-0.2, -0.15) is 0 Å². The molecule has 1 N–H and O–H groups in total. The highest BCUT2D eigenvalue weighted by molar-refractivity contribution is 7.92. The van der Waals surface area contributed by atoms with E-state index in [0.717, 1.165) is 48.2 Å². The smallest absolute Gasteiger partial charge is 0.244 e. The number of benzene rings is 2. The minimum Gasteiger partial charge on any atom is -0.497 e. The summed E-state index contributed by atoms with van der Waals surface area (Å²) in [6, 6.07) is 11.4. The number of amides is 2. The van der Waals surface area contributed by atoms with Crippen LogP contribution in [-0.4, -0.2) is 57.1 Å². The van der Waals surface area contributed by atoms with E-state index in [1.54, 1.807) is 38.3 Å². The average Bonchev–Trinajstić information content (AvgIpc) is 2.87. The van der Waals surface area contributed by atoms with Gasteiger partial charge in [0, 0.05) is 17.6 Å². The van der Waals surface area contributed by atoms with E-state index in [4.69, 9.17) is 16.3 Å². The number of nitrogens with one attached hydrogen (secondary N) is 1. The van der Waals surface area contributed by atoms with Gasteiger partial charge in [-0.3, -0.25) is 13.9 Å². The molecule has 0 bridgehead atoms. The quantitative estimate of drug-likeness (QED) is 0.428. The Morgan fingerprint density at radius 2 is 1.84 bits per heavy atom. The van der Waals surface area contributed by atoms with Crippen LogP contribution in [0.2, 0.25) is 5.02 Å². The molecule has 0 aliphatic heterocycles. The zero-order valence-corrected chi connectivity index (χ0v) is 24.1. The lowest BCUT2D eigenvalue weighted by Crippen LogP contribution is -2.54. The van der Waals surface area contributed by atoms with Gasteiger partial charge in [0.25, 0.3) is 0 Å². The van der Waals surface area contributed by atoms with E-state index in [1.165, 1.54) is 4.90 Å². The molecule has 2 aromatic carbocycles.